The zero-order chi connectivity index (χ0) is 25.0. The fraction of sp³-hybridized carbons (Fsp3) is 0.391. The standard InChI is InChI=1S/C23H25ClF3N3O4/c1-29(12-21(31)28-16-4-5-18(24)17(10-16)23(25,26)27)13-22(32)30-7-6-14-8-19(33-2)20(34-3)9-15(14)11-30/h4-5,8-10H,6-7,11-13H2,1-3H3,(H,28,31). The Morgan fingerprint density at radius 3 is 2.35 bits per heavy atom. The van der Waals surface area contributed by atoms with Gasteiger partial charge in [0.1, 0.15) is 0 Å². The Morgan fingerprint density at radius 1 is 1.09 bits per heavy atom. The lowest BCUT2D eigenvalue weighted by Gasteiger charge is -2.31. The molecular weight excluding hydrogens is 475 g/mol. The smallest absolute Gasteiger partial charge is 0.417 e. The summed E-state index contributed by atoms with van der Waals surface area (Å²) in [5.41, 5.74) is 0.977. The highest BCUT2D eigenvalue weighted by molar-refractivity contribution is 6.31. The number of amides is 2. The van der Waals surface area contributed by atoms with Crippen molar-refractivity contribution in [2.24, 2.45) is 0 Å². The van der Waals surface area contributed by atoms with Gasteiger partial charge in [-0.3, -0.25) is 14.5 Å². The molecular formula is C23H25ClF3N3O4. The van der Waals surface area contributed by atoms with Crippen molar-refractivity contribution in [2.45, 2.75) is 19.1 Å². The molecule has 0 unspecified atom stereocenters. The number of alkyl halides is 3. The van der Waals surface area contributed by atoms with Gasteiger partial charge in [0.2, 0.25) is 11.8 Å². The minimum Gasteiger partial charge on any atom is -0.493 e. The summed E-state index contributed by atoms with van der Waals surface area (Å²) in [4.78, 5) is 28.3. The van der Waals surface area contributed by atoms with Crippen molar-refractivity contribution in [3.05, 3.63) is 52.0 Å². The predicted molar refractivity (Wildman–Crippen MR) is 121 cm³/mol. The van der Waals surface area contributed by atoms with Crippen molar-refractivity contribution in [1.82, 2.24) is 9.80 Å². The quantitative estimate of drug-likeness (QED) is 0.627. The zero-order valence-corrected chi connectivity index (χ0v) is 19.7. The Bertz CT molecular complexity index is 1080. The highest BCUT2D eigenvalue weighted by Gasteiger charge is 2.33. The first-order chi connectivity index (χ1) is 16.0. The SMILES string of the molecule is COc1cc2c(cc1OC)CN(C(=O)CN(C)CC(=O)Nc1ccc(Cl)c(C(F)(F)F)c1)CC2. The van der Waals surface area contributed by atoms with Crippen molar-refractivity contribution in [3.8, 4) is 11.5 Å². The largest absolute Gasteiger partial charge is 0.493 e. The zero-order valence-electron chi connectivity index (χ0n) is 19.0. The molecule has 3 rings (SSSR count). The molecule has 0 radical (unpaired) electrons. The lowest BCUT2D eigenvalue weighted by Crippen LogP contribution is -2.43. The number of nitrogens with one attached hydrogen (secondary N) is 1. The molecule has 184 valence electrons. The third kappa shape index (κ3) is 6.12. The lowest BCUT2D eigenvalue weighted by molar-refractivity contribution is -0.137. The van der Waals surface area contributed by atoms with Crippen molar-refractivity contribution < 1.29 is 32.2 Å². The van der Waals surface area contributed by atoms with Gasteiger partial charge in [-0.05, 0) is 54.9 Å². The summed E-state index contributed by atoms with van der Waals surface area (Å²) < 4.78 is 49.7. The number of halogens is 4. The molecule has 0 aliphatic carbocycles. The Hall–Kier alpha value is -2.98. The topological polar surface area (TPSA) is 71.1 Å². The molecule has 0 bridgehead atoms. The second-order valence-electron chi connectivity index (χ2n) is 7.95. The maximum Gasteiger partial charge on any atom is 0.417 e. The minimum atomic E-state index is -4.64. The summed E-state index contributed by atoms with van der Waals surface area (Å²) in [5.74, 6) is 0.503. The molecule has 0 saturated carbocycles. The van der Waals surface area contributed by atoms with Crippen LogP contribution in [0.2, 0.25) is 5.02 Å². The van der Waals surface area contributed by atoms with Crippen LogP contribution in [0.25, 0.3) is 0 Å². The van der Waals surface area contributed by atoms with Crippen LogP contribution in [-0.2, 0) is 28.7 Å². The fourth-order valence-electron chi connectivity index (χ4n) is 3.75. The van der Waals surface area contributed by atoms with E-state index < -0.39 is 22.7 Å². The Balaban J connectivity index is 1.57. The van der Waals surface area contributed by atoms with Crippen molar-refractivity contribution in [1.29, 1.82) is 0 Å². The van der Waals surface area contributed by atoms with Crippen LogP contribution in [0.15, 0.2) is 30.3 Å². The van der Waals surface area contributed by atoms with E-state index in [0.29, 0.717) is 31.0 Å². The van der Waals surface area contributed by atoms with Gasteiger partial charge >= 0.3 is 6.18 Å². The molecule has 0 fully saturated rings. The minimum absolute atomic E-state index is 0.0234. The van der Waals surface area contributed by atoms with Crippen LogP contribution in [0, 0.1) is 0 Å². The first-order valence-electron chi connectivity index (χ1n) is 10.4. The van der Waals surface area contributed by atoms with E-state index in [1.54, 1.807) is 26.2 Å². The van der Waals surface area contributed by atoms with E-state index in [1.807, 2.05) is 12.1 Å². The van der Waals surface area contributed by atoms with Gasteiger partial charge in [-0.25, -0.2) is 0 Å². The third-order valence-electron chi connectivity index (χ3n) is 5.44. The van der Waals surface area contributed by atoms with Crippen molar-refractivity contribution in [3.63, 3.8) is 0 Å². The molecule has 2 aromatic carbocycles. The second kappa shape index (κ2) is 10.5. The highest BCUT2D eigenvalue weighted by atomic mass is 35.5. The van der Waals surface area contributed by atoms with Gasteiger partial charge in [-0.15, -0.1) is 0 Å². The van der Waals surface area contributed by atoms with Crippen LogP contribution >= 0.6 is 11.6 Å². The van der Waals surface area contributed by atoms with Gasteiger partial charge in [0, 0.05) is 18.8 Å². The number of likely N-dealkylation sites (N-methyl/N-ethyl adjacent to an activating group) is 1. The van der Waals surface area contributed by atoms with Crippen LogP contribution in [-0.4, -0.2) is 62.5 Å². The molecule has 1 aliphatic rings. The molecule has 34 heavy (non-hydrogen) atoms. The molecule has 0 aromatic heterocycles. The molecule has 2 aromatic rings. The number of nitrogens with zero attached hydrogens (tertiary/aromatic N) is 2. The number of hydrogen-bond donors (Lipinski definition) is 1. The van der Waals surface area contributed by atoms with E-state index >= 15 is 0 Å². The summed E-state index contributed by atoms with van der Waals surface area (Å²) in [6.45, 7) is 0.724. The summed E-state index contributed by atoms with van der Waals surface area (Å²) in [6, 6.07) is 6.90. The van der Waals surface area contributed by atoms with E-state index in [9.17, 15) is 22.8 Å². The number of fused-ring (bicyclic) bond motifs is 1. The lowest BCUT2D eigenvalue weighted by atomic mass is 9.98. The summed E-state index contributed by atoms with van der Waals surface area (Å²) in [5, 5.41) is 1.96. The number of carbonyl (C=O) groups is 2. The van der Waals surface area contributed by atoms with Crippen LogP contribution in [0.4, 0.5) is 18.9 Å². The number of rotatable bonds is 7. The number of benzene rings is 2. The number of methoxy groups -OCH3 is 2. The number of hydrogen-bond acceptors (Lipinski definition) is 5. The van der Waals surface area contributed by atoms with E-state index in [2.05, 4.69) is 5.32 Å². The maximum absolute atomic E-state index is 13.0. The molecule has 7 nitrogen and oxygen atoms in total. The normalized spacial score (nSPS) is 13.5. The summed E-state index contributed by atoms with van der Waals surface area (Å²) in [6.07, 6.45) is -3.98. The molecule has 1 heterocycles. The molecule has 0 atom stereocenters. The average Bonchev–Trinajstić information content (AvgIpc) is 2.77. The van der Waals surface area contributed by atoms with Gasteiger partial charge < -0.3 is 19.7 Å². The van der Waals surface area contributed by atoms with E-state index in [0.717, 1.165) is 23.3 Å². The first kappa shape index (κ1) is 25.6. The number of anilines is 1. The molecule has 11 heteroatoms. The predicted octanol–water partition coefficient (Wildman–Crippen LogP) is 3.83. The third-order valence-corrected chi connectivity index (χ3v) is 5.77. The summed E-state index contributed by atoms with van der Waals surface area (Å²) >= 11 is 5.60. The van der Waals surface area contributed by atoms with Gasteiger partial charge in [0.25, 0.3) is 0 Å². The molecule has 0 spiro atoms. The molecule has 1 aliphatic heterocycles. The molecule has 2 amide bonds. The van der Waals surface area contributed by atoms with E-state index in [-0.39, 0.29) is 24.7 Å². The van der Waals surface area contributed by atoms with Crippen molar-refractivity contribution >= 4 is 29.1 Å². The number of ether oxygens (including phenoxy) is 2. The van der Waals surface area contributed by atoms with Crippen LogP contribution in [0.3, 0.4) is 0 Å². The Kier molecular flexibility index (Phi) is 7.93. The number of carbonyl (C=O) groups excluding carboxylic acids is 2. The van der Waals surface area contributed by atoms with Gasteiger partial charge in [0.15, 0.2) is 11.5 Å². The van der Waals surface area contributed by atoms with Crippen LogP contribution < -0.4 is 14.8 Å². The van der Waals surface area contributed by atoms with E-state index in [1.165, 1.54) is 11.0 Å². The monoisotopic (exact) mass is 499 g/mol. The maximum atomic E-state index is 13.0. The van der Waals surface area contributed by atoms with Gasteiger partial charge in [-0.1, -0.05) is 11.6 Å². The highest BCUT2D eigenvalue weighted by Crippen LogP contribution is 2.36. The Labute approximate surface area is 200 Å². The van der Waals surface area contributed by atoms with Crippen LogP contribution in [0.5, 0.6) is 11.5 Å². The van der Waals surface area contributed by atoms with Gasteiger partial charge in [-0.2, -0.15) is 13.2 Å². The average molecular weight is 500 g/mol. The summed E-state index contributed by atoms with van der Waals surface area (Å²) in [7, 11) is 4.70. The second-order valence-corrected chi connectivity index (χ2v) is 8.36. The van der Waals surface area contributed by atoms with E-state index in [4.69, 9.17) is 21.1 Å². The Morgan fingerprint density at radius 2 is 1.74 bits per heavy atom. The molecule has 1 N–H and O–H groups in total. The fourth-order valence-corrected chi connectivity index (χ4v) is 3.97. The first-order valence-corrected chi connectivity index (χ1v) is 10.8. The van der Waals surface area contributed by atoms with Gasteiger partial charge in [0.05, 0.1) is 37.9 Å². The van der Waals surface area contributed by atoms with Crippen LogP contribution in [0.1, 0.15) is 16.7 Å². The van der Waals surface area contributed by atoms with Crippen molar-refractivity contribution in [2.75, 3.05) is 46.2 Å². The molecule has 0 saturated heterocycles.